The van der Waals surface area contributed by atoms with Crippen LogP contribution in [0.25, 0.3) is 33.7 Å². The molecule has 0 aliphatic heterocycles. The molecule has 2 aromatic carbocycles. The largest absolute Gasteiger partial charge is 0.478 e. The predicted molar refractivity (Wildman–Crippen MR) is 152 cm³/mol. The Hall–Kier alpha value is -4.33. The van der Waals surface area contributed by atoms with Gasteiger partial charge in [-0.2, -0.15) is 5.26 Å². The number of nitriles is 1. The second kappa shape index (κ2) is 12.0. The molecule has 0 fully saturated rings. The molecule has 4 aromatic rings. The minimum atomic E-state index is -1.28. The number of rotatable bonds is 11. The van der Waals surface area contributed by atoms with Crippen molar-refractivity contribution in [2.24, 2.45) is 0 Å². The van der Waals surface area contributed by atoms with Crippen LogP contribution >= 0.6 is 0 Å². The highest BCUT2D eigenvalue weighted by molar-refractivity contribution is 6.76. The summed E-state index contributed by atoms with van der Waals surface area (Å²) < 4.78 is 7.98. The molecule has 9 nitrogen and oxygen atoms in total. The van der Waals surface area contributed by atoms with Gasteiger partial charge in [-0.3, -0.25) is 9.36 Å². The van der Waals surface area contributed by atoms with Crippen LogP contribution < -0.4 is 5.32 Å². The van der Waals surface area contributed by atoms with E-state index in [1.807, 2.05) is 28.8 Å². The molecule has 0 aliphatic carbocycles. The lowest BCUT2D eigenvalue weighted by atomic mass is 10.0. The van der Waals surface area contributed by atoms with E-state index in [2.05, 4.69) is 29.9 Å². The van der Waals surface area contributed by atoms with Gasteiger partial charge in [-0.1, -0.05) is 43.9 Å². The van der Waals surface area contributed by atoms with Gasteiger partial charge >= 0.3 is 5.97 Å². The highest BCUT2D eigenvalue weighted by atomic mass is 28.3. The molecule has 2 N–H and O–H groups in total. The first-order valence-corrected chi connectivity index (χ1v) is 16.4. The molecule has 200 valence electrons. The Morgan fingerprint density at radius 3 is 2.54 bits per heavy atom. The first kappa shape index (κ1) is 27.7. The minimum Gasteiger partial charge on any atom is -0.478 e. The number of hydrogen-bond donors (Lipinski definition) is 2. The number of aromatic carboxylic acids is 1. The molecule has 0 atom stereocenters. The zero-order valence-electron chi connectivity index (χ0n) is 22.3. The Balaban J connectivity index is 1.75. The van der Waals surface area contributed by atoms with Gasteiger partial charge in [0.15, 0.2) is 5.65 Å². The summed E-state index contributed by atoms with van der Waals surface area (Å²) in [6.45, 7) is 8.04. The number of nitrogens with one attached hydrogen (secondary N) is 1. The van der Waals surface area contributed by atoms with Crippen LogP contribution in [0.2, 0.25) is 25.7 Å². The summed E-state index contributed by atoms with van der Waals surface area (Å²) in [4.78, 5) is 33.5. The monoisotopic (exact) mass is 541 g/mol. The Kier molecular flexibility index (Phi) is 8.54. The van der Waals surface area contributed by atoms with Crippen LogP contribution in [0.1, 0.15) is 27.1 Å². The quantitative estimate of drug-likeness (QED) is 0.191. The molecule has 0 bridgehead atoms. The van der Waals surface area contributed by atoms with Crippen LogP contribution in [0.15, 0.2) is 60.8 Å². The maximum Gasteiger partial charge on any atom is 0.335 e. The van der Waals surface area contributed by atoms with E-state index in [4.69, 9.17) is 15.0 Å². The molecule has 0 saturated heterocycles. The number of hydrogen-bond acceptors (Lipinski definition) is 6. The number of fused-ring (bicyclic) bond motifs is 1. The van der Waals surface area contributed by atoms with Crippen molar-refractivity contribution in [1.82, 2.24) is 19.9 Å². The second-order valence-electron chi connectivity index (χ2n) is 10.4. The zero-order valence-corrected chi connectivity index (χ0v) is 23.3. The number of carbonyl (C=O) groups is 2. The SMILES string of the molecule is C[Si](C)(C)CCOCn1c(-c2ccc(C(=O)O)cc2)nc2c(-c3cccc(C(=O)NCCC#N)c3)ccnc21. The molecule has 0 aliphatic rings. The fraction of sp³-hybridized carbons (Fsp3) is 0.276. The van der Waals surface area contributed by atoms with Crippen molar-refractivity contribution in [3.8, 4) is 28.6 Å². The maximum absolute atomic E-state index is 12.6. The number of carboxylic acid groups (broad SMARTS) is 1. The highest BCUT2D eigenvalue weighted by Crippen LogP contribution is 2.32. The average Bonchev–Trinajstić information content (AvgIpc) is 3.29. The van der Waals surface area contributed by atoms with Crippen LogP contribution in [0.3, 0.4) is 0 Å². The predicted octanol–water partition coefficient (Wildman–Crippen LogP) is 5.42. The molecule has 0 saturated carbocycles. The number of aromatic nitrogens is 3. The molecule has 2 heterocycles. The first-order chi connectivity index (χ1) is 18.7. The van der Waals surface area contributed by atoms with Crippen molar-refractivity contribution in [3.63, 3.8) is 0 Å². The van der Waals surface area contributed by atoms with E-state index in [-0.39, 0.29) is 31.2 Å². The van der Waals surface area contributed by atoms with Crippen LogP contribution in [-0.2, 0) is 11.5 Å². The van der Waals surface area contributed by atoms with Crippen LogP contribution in [0.5, 0.6) is 0 Å². The first-order valence-electron chi connectivity index (χ1n) is 12.7. The molecule has 1 amide bonds. The molecule has 10 heteroatoms. The summed E-state index contributed by atoms with van der Waals surface area (Å²) in [6, 6.07) is 18.7. The van der Waals surface area contributed by atoms with Gasteiger partial charge in [-0.25, -0.2) is 14.8 Å². The van der Waals surface area contributed by atoms with Crippen LogP contribution in [-0.4, -0.2) is 52.7 Å². The summed E-state index contributed by atoms with van der Waals surface area (Å²) >= 11 is 0. The van der Waals surface area contributed by atoms with Gasteiger partial charge in [0, 0.05) is 44.1 Å². The van der Waals surface area contributed by atoms with Crippen molar-refractivity contribution in [2.75, 3.05) is 13.2 Å². The van der Waals surface area contributed by atoms with E-state index >= 15 is 0 Å². The van der Waals surface area contributed by atoms with E-state index in [1.54, 1.807) is 42.6 Å². The number of carbonyl (C=O) groups excluding carboxylic acids is 1. The molecular weight excluding hydrogens is 510 g/mol. The Bertz CT molecular complexity index is 1530. The molecule has 39 heavy (non-hydrogen) atoms. The van der Waals surface area contributed by atoms with Crippen LogP contribution in [0.4, 0.5) is 0 Å². The number of benzene rings is 2. The summed E-state index contributed by atoms with van der Waals surface area (Å²) in [7, 11) is -1.28. The lowest BCUT2D eigenvalue weighted by Crippen LogP contribution is -2.24. The number of carboxylic acids is 1. The van der Waals surface area contributed by atoms with Crippen molar-refractivity contribution in [3.05, 3.63) is 71.9 Å². The third-order valence-corrected chi connectivity index (χ3v) is 7.90. The van der Waals surface area contributed by atoms with Crippen molar-refractivity contribution >= 4 is 31.1 Å². The average molecular weight is 542 g/mol. The summed E-state index contributed by atoms with van der Waals surface area (Å²) in [5, 5.41) is 20.8. The number of imidazole rings is 1. The number of nitrogens with zero attached hydrogens (tertiary/aromatic N) is 4. The Labute approximate surface area is 228 Å². The van der Waals surface area contributed by atoms with Gasteiger partial charge in [-0.05, 0) is 41.9 Å². The van der Waals surface area contributed by atoms with Gasteiger partial charge in [0.25, 0.3) is 5.91 Å². The maximum atomic E-state index is 12.6. The van der Waals surface area contributed by atoms with Crippen molar-refractivity contribution in [2.45, 2.75) is 38.8 Å². The smallest absolute Gasteiger partial charge is 0.335 e. The van der Waals surface area contributed by atoms with Gasteiger partial charge in [-0.15, -0.1) is 0 Å². The van der Waals surface area contributed by atoms with E-state index < -0.39 is 14.0 Å². The minimum absolute atomic E-state index is 0.191. The Morgan fingerprint density at radius 1 is 1.08 bits per heavy atom. The molecule has 4 rings (SSSR count). The number of ether oxygens (including phenoxy) is 1. The van der Waals surface area contributed by atoms with E-state index in [9.17, 15) is 14.7 Å². The fourth-order valence-corrected chi connectivity index (χ4v) is 4.81. The molecule has 0 spiro atoms. The van der Waals surface area contributed by atoms with Crippen LogP contribution in [0, 0.1) is 11.3 Å². The van der Waals surface area contributed by atoms with Crippen molar-refractivity contribution < 1.29 is 19.4 Å². The zero-order chi connectivity index (χ0) is 28.0. The van der Waals surface area contributed by atoms with Crippen molar-refractivity contribution in [1.29, 1.82) is 5.26 Å². The Morgan fingerprint density at radius 2 is 1.85 bits per heavy atom. The summed E-state index contributed by atoms with van der Waals surface area (Å²) in [5.74, 6) is -0.636. The highest BCUT2D eigenvalue weighted by Gasteiger charge is 2.19. The third kappa shape index (κ3) is 6.76. The second-order valence-corrected chi connectivity index (χ2v) is 16.0. The van der Waals surface area contributed by atoms with Gasteiger partial charge in [0.05, 0.1) is 18.1 Å². The number of amides is 1. The molecule has 0 radical (unpaired) electrons. The lowest BCUT2D eigenvalue weighted by Gasteiger charge is -2.16. The summed E-state index contributed by atoms with van der Waals surface area (Å²) in [5.41, 5.74) is 4.28. The topological polar surface area (TPSA) is 130 Å². The lowest BCUT2D eigenvalue weighted by molar-refractivity contribution is 0.0696. The molecule has 0 unspecified atom stereocenters. The summed E-state index contributed by atoms with van der Waals surface area (Å²) in [6.07, 6.45) is 1.94. The molecular formula is C29H31N5O4Si. The van der Waals surface area contributed by atoms with Gasteiger partial charge in [0.2, 0.25) is 0 Å². The van der Waals surface area contributed by atoms with Gasteiger partial charge in [0.1, 0.15) is 18.1 Å². The van der Waals surface area contributed by atoms with E-state index in [1.165, 1.54) is 0 Å². The number of pyridine rings is 1. The van der Waals surface area contributed by atoms with E-state index in [0.717, 1.165) is 22.7 Å². The normalized spacial score (nSPS) is 11.3. The van der Waals surface area contributed by atoms with Gasteiger partial charge < -0.3 is 15.2 Å². The standard InChI is InChI=1S/C29H31N5O4Si/c1-39(2,3)17-16-38-19-34-26(20-8-10-21(11-9-20)29(36)37)33-25-24(12-15-31-27(25)34)22-6-4-7-23(18-22)28(35)32-14-5-13-30/h4,6-12,15,18H,5,14,16-17,19H2,1-3H3,(H,32,35)(H,36,37). The van der Waals surface area contributed by atoms with E-state index in [0.29, 0.717) is 29.2 Å². The fourth-order valence-electron chi connectivity index (χ4n) is 4.05. The molecule has 2 aromatic heterocycles. The third-order valence-electron chi connectivity index (χ3n) is 6.20.